The number of amides is 1. The molecule has 0 spiro atoms. The van der Waals surface area contributed by atoms with E-state index in [1.54, 1.807) is 12.1 Å². The van der Waals surface area contributed by atoms with E-state index in [0.29, 0.717) is 22.5 Å². The standard InChI is InChI=1S/C14H16ClNO/c15-12-3-1-2-11(8-12)14(17)16-13-7-9-4-5-10(13)6-9/h1-3,8-10,13H,4-7H2,(H,16,17)/t9-,10+,13+/m0/s1. The summed E-state index contributed by atoms with van der Waals surface area (Å²) in [5, 5.41) is 3.77. The largest absolute Gasteiger partial charge is 0.349 e. The average molecular weight is 250 g/mol. The van der Waals surface area contributed by atoms with E-state index in [1.807, 2.05) is 12.1 Å². The van der Waals surface area contributed by atoms with Gasteiger partial charge >= 0.3 is 0 Å². The van der Waals surface area contributed by atoms with Crippen molar-refractivity contribution in [2.75, 3.05) is 0 Å². The van der Waals surface area contributed by atoms with E-state index in [2.05, 4.69) is 5.32 Å². The van der Waals surface area contributed by atoms with Gasteiger partial charge in [0.2, 0.25) is 0 Å². The summed E-state index contributed by atoms with van der Waals surface area (Å²) in [6, 6.07) is 7.53. The average Bonchev–Trinajstić information content (AvgIpc) is 2.91. The molecule has 1 aromatic carbocycles. The number of rotatable bonds is 2. The Labute approximate surface area is 106 Å². The highest BCUT2D eigenvalue weighted by Crippen LogP contribution is 2.44. The van der Waals surface area contributed by atoms with Crippen LogP contribution in [-0.2, 0) is 0 Å². The van der Waals surface area contributed by atoms with Gasteiger partial charge in [0, 0.05) is 16.6 Å². The van der Waals surface area contributed by atoms with Crippen LogP contribution in [0.4, 0.5) is 0 Å². The van der Waals surface area contributed by atoms with Crippen molar-refractivity contribution in [1.82, 2.24) is 5.32 Å². The van der Waals surface area contributed by atoms with Crippen molar-refractivity contribution in [2.24, 2.45) is 11.8 Å². The summed E-state index contributed by atoms with van der Waals surface area (Å²) in [4.78, 5) is 12.1. The lowest BCUT2D eigenvalue weighted by Crippen LogP contribution is -2.38. The maximum atomic E-state index is 12.1. The third kappa shape index (κ3) is 2.19. The second-order valence-electron chi connectivity index (χ2n) is 5.27. The van der Waals surface area contributed by atoms with Gasteiger partial charge in [-0.15, -0.1) is 0 Å². The van der Waals surface area contributed by atoms with E-state index in [-0.39, 0.29) is 5.91 Å². The SMILES string of the molecule is O=C(N[C@@H]1C[C@H]2CC[C@@H]1C2)c1cccc(Cl)c1. The Morgan fingerprint density at radius 1 is 1.29 bits per heavy atom. The molecule has 90 valence electrons. The normalized spacial score (nSPS) is 30.5. The molecule has 1 amide bonds. The predicted octanol–water partition coefficient (Wildman–Crippen LogP) is 3.26. The highest BCUT2D eigenvalue weighted by atomic mass is 35.5. The fourth-order valence-corrected chi connectivity index (χ4v) is 3.49. The molecule has 1 N–H and O–H groups in total. The van der Waals surface area contributed by atoms with Crippen molar-refractivity contribution >= 4 is 17.5 Å². The van der Waals surface area contributed by atoms with Crippen LogP contribution in [0.15, 0.2) is 24.3 Å². The first-order valence-electron chi connectivity index (χ1n) is 6.29. The van der Waals surface area contributed by atoms with Crippen LogP contribution in [0.3, 0.4) is 0 Å². The summed E-state index contributed by atoms with van der Waals surface area (Å²) in [5.41, 5.74) is 0.667. The third-order valence-corrected chi connectivity index (χ3v) is 4.38. The van der Waals surface area contributed by atoms with Crippen molar-refractivity contribution in [3.05, 3.63) is 34.9 Å². The van der Waals surface area contributed by atoms with E-state index in [9.17, 15) is 4.79 Å². The maximum Gasteiger partial charge on any atom is 0.251 e. The number of fused-ring (bicyclic) bond motifs is 2. The van der Waals surface area contributed by atoms with Crippen LogP contribution >= 0.6 is 11.6 Å². The van der Waals surface area contributed by atoms with Crippen LogP contribution in [0, 0.1) is 11.8 Å². The molecule has 17 heavy (non-hydrogen) atoms. The van der Waals surface area contributed by atoms with Gasteiger partial charge in [0.15, 0.2) is 0 Å². The fourth-order valence-electron chi connectivity index (χ4n) is 3.30. The molecule has 2 aliphatic rings. The number of hydrogen-bond donors (Lipinski definition) is 1. The molecule has 3 heteroatoms. The molecule has 0 aromatic heterocycles. The lowest BCUT2D eigenvalue weighted by molar-refractivity contribution is 0.0923. The molecule has 2 bridgehead atoms. The molecule has 0 aliphatic heterocycles. The molecule has 3 rings (SSSR count). The van der Waals surface area contributed by atoms with Crippen molar-refractivity contribution in [2.45, 2.75) is 31.7 Å². The summed E-state index contributed by atoms with van der Waals surface area (Å²) >= 11 is 5.89. The predicted molar refractivity (Wildman–Crippen MR) is 68.2 cm³/mol. The zero-order valence-electron chi connectivity index (χ0n) is 9.66. The van der Waals surface area contributed by atoms with Crippen molar-refractivity contribution in [3.8, 4) is 0 Å². The first kappa shape index (κ1) is 11.1. The number of carbonyl (C=O) groups excluding carboxylic acids is 1. The quantitative estimate of drug-likeness (QED) is 0.857. The van der Waals surface area contributed by atoms with Gasteiger partial charge in [-0.2, -0.15) is 0 Å². The van der Waals surface area contributed by atoms with E-state index < -0.39 is 0 Å². The van der Waals surface area contributed by atoms with Gasteiger partial charge in [-0.1, -0.05) is 24.1 Å². The van der Waals surface area contributed by atoms with Gasteiger partial charge in [0.05, 0.1) is 0 Å². The zero-order chi connectivity index (χ0) is 11.8. The molecule has 2 fully saturated rings. The Kier molecular flexibility index (Phi) is 2.83. The maximum absolute atomic E-state index is 12.1. The molecule has 1 aromatic rings. The number of carbonyl (C=O) groups is 1. The number of hydrogen-bond acceptors (Lipinski definition) is 1. The topological polar surface area (TPSA) is 29.1 Å². The van der Waals surface area contributed by atoms with Crippen LogP contribution in [0.1, 0.15) is 36.0 Å². The van der Waals surface area contributed by atoms with Gasteiger partial charge in [-0.25, -0.2) is 0 Å². The lowest BCUT2D eigenvalue weighted by atomic mass is 9.95. The Balaban J connectivity index is 1.68. The molecule has 0 radical (unpaired) electrons. The van der Waals surface area contributed by atoms with E-state index >= 15 is 0 Å². The first-order chi connectivity index (χ1) is 8.22. The summed E-state index contributed by atoms with van der Waals surface area (Å²) in [5.74, 6) is 1.58. The molecule has 2 aliphatic carbocycles. The lowest BCUT2D eigenvalue weighted by Gasteiger charge is -2.22. The molecule has 0 saturated heterocycles. The number of nitrogens with one attached hydrogen (secondary N) is 1. The molecular formula is C14H16ClNO. The van der Waals surface area contributed by atoms with Crippen molar-refractivity contribution < 1.29 is 4.79 Å². The summed E-state index contributed by atoms with van der Waals surface area (Å²) in [7, 11) is 0. The molecule has 0 heterocycles. The van der Waals surface area contributed by atoms with Gasteiger partial charge in [0.1, 0.15) is 0 Å². The number of halogens is 1. The highest BCUT2D eigenvalue weighted by molar-refractivity contribution is 6.30. The van der Waals surface area contributed by atoms with Crippen LogP contribution in [0.25, 0.3) is 0 Å². The summed E-state index contributed by atoms with van der Waals surface area (Å²) < 4.78 is 0. The Hall–Kier alpha value is -1.02. The van der Waals surface area contributed by atoms with E-state index in [1.165, 1.54) is 19.3 Å². The molecular weight excluding hydrogens is 234 g/mol. The molecule has 2 nitrogen and oxygen atoms in total. The monoisotopic (exact) mass is 249 g/mol. The molecule has 2 saturated carbocycles. The Morgan fingerprint density at radius 2 is 2.18 bits per heavy atom. The van der Waals surface area contributed by atoms with Gasteiger partial charge in [-0.3, -0.25) is 4.79 Å². The highest BCUT2D eigenvalue weighted by Gasteiger charge is 2.40. The van der Waals surface area contributed by atoms with E-state index in [0.717, 1.165) is 12.3 Å². The van der Waals surface area contributed by atoms with Gasteiger partial charge < -0.3 is 5.32 Å². The molecule has 0 unspecified atom stereocenters. The summed E-state index contributed by atoms with van der Waals surface area (Å²) in [6.07, 6.45) is 5.11. The molecule has 3 atom stereocenters. The van der Waals surface area contributed by atoms with Crippen molar-refractivity contribution in [1.29, 1.82) is 0 Å². The van der Waals surface area contributed by atoms with Crippen LogP contribution in [-0.4, -0.2) is 11.9 Å². The third-order valence-electron chi connectivity index (χ3n) is 4.14. The van der Waals surface area contributed by atoms with E-state index in [4.69, 9.17) is 11.6 Å². The minimum absolute atomic E-state index is 0.0186. The van der Waals surface area contributed by atoms with Gasteiger partial charge in [-0.05, 0) is 49.3 Å². The van der Waals surface area contributed by atoms with Gasteiger partial charge in [0.25, 0.3) is 5.91 Å². The van der Waals surface area contributed by atoms with Crippen molar-refractivity contribution in [3.63, 3.8) is 0 Å². The minimum Gasteiger partial charge on any atom is -0.349 e. The Bertz CT molecular complexity index is 446. The summed E-state index contributed by atoms with van der Waals surface area (Å²) in [6.45, 7) is 0. The smallest absolute Gasteiger partial charge is 0.251 e. The second-order valence-corrected chi connectivity index (χ2v) is 5.70. The Morgan fingerprint density at radius 3 is 2.82 bits per heavy atom. The zero-order valence-corrected chi connectivity index (χ0v) is 10.4. The fraction of sp³-hybridized carbons (Fsp3) is 0.500. The second kappa shape index (κ2) is 4.34. The van der Waals surface area contributed by atoms with Crippen LogP contribution in [0.2, 0.25) is 5.02 Å². The number of benzene rings is 1. The van der Waals surface area contributed by atoms with Crippen LogP contribution in [0.5, 0.6) is 0 Å². The first-order valence-corrected chi connectivity index (χ1v) is 6.66. The minimum atomic E-state index is 0.0186. The van der Waals surface area contributed by atoms with Crippen LogP contribution < -0.4 is 5.32 Å².